The predicted octanol–water partition coefficient (Wildman–Crippen LogP) is 3.24. The van der Waals surface area contributed by atoms with Gasteiger partial charge in [-0.25, -0.2) is 4.79 Å². The van der Waals surface area contributed by atoms with E-state index in [1.807, 2.05) is 30.3 Å². The van der Waals surface area contributed by atoms with Crippen molar-refractivity contribution in [2.45, 2.75) is 12.5 Å². The third kappa shape index (κ3) is 8.69. The molecule has 0 aliphatic carbocycles. The zero-order valence-electron chi connectivity index (χ0n) is 23.2. The van der Waals surface area contributed by atoms with Gasteiger partial charge in [0, 0.05) is 30.9 Å². The van der Waals surface area contributed by atoms with Gasteiger partial charge < -0.3 is 31.3 Å². The molecule has 11 nitrogen and oxygen atoms in total. The van der Waals surface area contributed by atoms with Crippen molar-refractivity contribution >= 4 is 58.5 Å². The topological polar surface area (TPSA) is 150 Å². The van der Waals surface area contributed by atoms with Crippen molar-refractivity contribution < 1.29 is 23.9 Å². The molecular weight excluding hydrogens is 595 g/mol. The van der Waals surface area contributed by atoms with Crippen molar-refractivity contribution in [3.63, 3.8) is 0 Å². The summed E-state index contributed by atoms with van der Waals surface area (Å²) in [7, 11) is 1.15. The Bertz CT molecular complexity index is 1510. The number of nitrogens with one attached hydrogen (secondary N) is 5. The van der Waals surface area contributed by atoms with E-state index in [-0.39, 0.29) is 28.7 Å². The van der Waals surface area contributed by atoms with Gasteiger partial charge >= 0.3 is 5.97 Å². The van der Waals surface area contributed by atoms with Crippen molar-refractivity contribution in [1.29, 1.82) is 0 Å². The van der Waals surface area contributed by atoms with Crippen LogP contribution in [0.15, 0.2) is 71.7 Å². The Balaban J connectivity index is 1.32. The van der Waals surface area contributed by atoms with Crippen LogP contribution in [0.4, 0.5) is 5.69 Å². The fraction of sp³-hybridized carbons (Fsp3) is 0.233. The average molecular weight is 626 g/mol. The maximum absolute atomic E-state index is 13.1. The van der Waals surface area contributed by atoms with E-state index in [2.05, 4.69) is 31.6 Å². The van der Waals surface area contributed by atoms with Crippen molar-refractivity contribution in [3.05, 3.63) is 87.9 Å². The minimum Gasteiger partial charge on any atom is -0.467 e. The lowest BCUT2D eigenvalue weighted by Gasteiger charge is -2.18. The van der Waals surface area contributed by atoms with Gasteiger partial charge in [-0.3, -0.25) is 19.4 Å². The first-order valence-corrected chi connectivity index (χ1v) is 14.1. The SMILES string of the molecule is COC(=O)[C@H](CNC(=O)CNC(=O)c1cccc(NC2=NCCCN2)c1)NC(=O)c1c(Cl)cc(-c2ccccc2)cc1Cl. The second-order valence-corrected chi connectivity index (χ2v) is 10.2. The smallest absolute Gasteiger partial charge is 0.330 e. The number of carbonyl (C=O) groups is 4. The number of nitrogens with zero attached hydrogens (tertiary/aromatic N) is 1. The van der Waals surface area contributed by atoms with Gasteiger partial charge in [0.15, 0.2) is 5.96 Å². The van der Waals surface area contributed by atoms with Crippen LogP contribution < -0.4 is 26.6 Å². The lowest BCUT2D eigenvalue weighted by Crippen LogP contribution is -2.50. The second-order valence-electron chi connectivity index (χ2n) is 9.43. The lowest BCUT2D eigenvalue weighted by molar-refractivity contribution is -0.142. The maximum Gasteiger partial charge on any atom is 0.330 e. The molecule has 0 saturated carbocycles. The van der Waals surface area contributed by atoms with Gasteiger partial charge in [0.1, 0.15) is 6.04 Å². The molecule has 43 heavy (non-hydrogen) atoms. The number of aliphatic imine (C=N–C) groups is 1. The number of ether oxygens (including phenoxy) is 1. The number of rotatable bonds is 10. The number of hydrogen-bond acceptors (Lipinski definition) is 8. The quantitative estimate of drug-likeness (QED) is 0.217. The van der Waals surface area contributed by atoms with E-state index in [9.17, 15) is 19.2 Å². The molecule has 3 aromatic rings. The molecule has 3 amide bonds. The van der Waals surface area contributed by atoms with E-state index in [0.29, 0.717) is 29.3 Å². The molecule has 0 radical (unpaired) electrons. The highest BCUT2D eigenvalue weighted by molar-refractivity contribution is 6.40. The van der Waals surface area contributed by atoms with Gasteiger partial charge in [-0.05, 0) is 47.9 Å². The van der Waals surface area contributed by atoms with Crippen LogP contribution in [-0.4, -0.2) is 69.0 Å². The molecule has 224 valence electrons. The number of halogens is 2. The fourth-order valence-corrected chi connectivity index (χ4v) is 4.84. The molecule has 1 atom stereocenters. The van der Waals surface area contributed by atoms with Gasteiger partial charge in [0.2, 0.25) is 5.91 Å². The second kappa shape index (κ2) is 15.0. The summed E-state index contributed by atoms with van der Waals surface area (Å²) in [6, 6.07) is 18.0. The van der Waals surface area contributed by atoms with E-state index in [0.717, 1.165) is 25.6 Å². The van der Waals surface area contributed by atoms with Crippen molar-refractivity contribution in [2.24, 2.45) is 4.99 Å². The molecule has 5 N–H and O–H groups in total. The molecule has 1 aliphatic heterocycles. The molecule has 1 aliphatic rings. The molecule has 4 rings (SSSR count). The van der Waals surface area contributed by atoms with E-state index in [1.165, 1.54) is 0 Å². The summed E-state index contributed by atoms with van der Waals surface area (Å²) >= 11 is 12.8. The minimum atomic E-state index is -1.25. The van der Waals surface area contributed by atoms with Gasteiger partial charge in [-0.1, -0.05) is 59.6 Å². The van der Waals surface area contributed by atoms with E-state index < -0.39 is 29.7 Å². The highest BCUT2D eigenvalue weighted by Gasteiger charge is 2.26. The van der Waals surface area contributed by atoms with Crippen LogP contribution in [0, 0.1) is 0 Å². The van der Waals surface area contributed by atoms with E-state index in [1.54, 1.807) is 36.4 Å². The van der Waals surface area contributed by atoms with Crippen LogP contribution in [0.2, 0.25) is 10.0 Å². The Hall–Kier alpha value is -4.61. The Morgan fingerprint density at radius 3 is 2.35 bits per heavy atom. The molecule has 0 aromatic heterocycles. The normalized spacial score (nSPS) is 13.0. The highest BCUT2D eigenvalue weighted by Crippen LogP contribution is 2.31. The molecule has 0 spiro atoms. The molecule has 0 unspecified atom stereocenters. The van der Waals surface area contributed by atoms with E-state index >= 15 is 0 Å². The van der Waals surface area contributed by atoms with Crippen molar-refractivity contribution in [1.82, 2.24) is 21.3 Å². The third-order valence-electron chi connectivity index (χ3n) is 6.36. The molecular formula is C30H30Cl2N6O5. The predicted molar refractivity (Wildman–Crippen MR) is 165 cm³/mol. The Morgan fingerprint density at radius 2 is 1.67 bits per heavy atom. The van der Waals surface area contributed by atoms with Crippen LogP contribution in [0.5, 0.6) is 0 Å². The van der Waals surface area contributed by atoms with Crippen molar-refractivity contribution in [2.75, 3.05) is 38.6 Å². The highest BCUT2D eigenvalue weighted by atomic mass is 35.5. The number of carbonyl (C=O) groups excluding carboxylic acids is 4. The Kier molecular flexibility index (Phi) is 11.0. The summed E-state index contributed by atoms with van der Waals surface area (Å²) in [4.78, 5) is 54.9. The van der Waals surface area contributed by atoms with Crippen LogP contribution >= 0.6 is 23.2 Å². The Labute approximate surface area is 258 Å². The summed E-state index contributed by atoms with van der Waals surface area (Å²) in [6.45, 7) is 0.851. The maximum atomic E-state index is 13.1. The fourth-order valence-electron chi connectivity index (χ4n) is 4.19. The monoisotopic (exact) mass is 624 g/mol. The molecule has 0 bridgehead atoms. The van der Waals surface area contributed by atoms with Gasteiger partial charge in [-0.2, -0.15) is 0 Å². The third-order valence-corrected chi connectivity index (χ3v) is 6.96. The standard InChI is InChI=1S/C30H30Cl2N6O5/c1-43-29(42)24(38-28(41)26-22(31)14-20(15-23(26)32)18-7-3-2-4-8-18)16-35-25(39)17-36-27(40)19-9-5-10-21(13-19)37-30-33-11-6-12-34-30/h2-5,7-10,13-15,24H,6,11-12,16-17H2,1H3,(H,35,39)(H,36,40)(H,38,41)(H2,33,34,37)/t24-/m0/s1. The number of hydrogen-bond donors (Lipinski definition) is 5. The number of anilines is 1. The van der Waals surface area contributed by atoms with Crippen molar-refractivity contribution in [3.8, 4) is 11.1 Å². The molecule has 0 fully saturated rings. The zero-order valence-corrected chi connectivity index (χ0v) is 24.7. The number of benzene rings is 3. The first kappa shape index (κ1) is 31.3. The van der Waals surface area contributed by atoms with Crippen LogP contribution in [0.1, 0.15) is 27.1 Å². The molecule has 0 saturated heterocycles. The summed E-state index contributed by atoms with van der Waals surface area (Å²) in [5.74, 6) is -1.96. The molecule has 1 heterocycles. The number of methoxy groups -OCH3 is 1. The summed E-state index contributed by atoms with van der Waals surface area (Å²) in [5.41, 5.74) is 2.54. The van der Waals surface area contributed by atoms with Gasteiger partial charge in [-0.15, -0.1) is 0 Å². The largest absolute Gasteiger partial charge is 0.467 e. The summed E-state index contributed by atoms with van der Waals surface area (Å²) in [5, 5.41) is 14.0. The average Bonchev–Trinajstić information content (AvgIpc) is 3.02. The van der Waals surface area contributed by atoms with Crippen LogP contribution in [0.25, 0.3) is 11.1 Å². The van der Waals surface area contributed by atoms with Gasteiger partial charge in [0.05, 0.1) is 29.3 Å². The first-order chi connectivity index (χ1) is 20.7. The minimum absolute atomic E-state index is 0.0291. The Morgan fingerprint density at radius 1 is 0.930 bits per heavy atom. The van der Waals surface area contributed by atoms with E-state index in [4.69, 9.17) is 27.9 Å². The zero-order chi connectivity index (χ0) is 30.8. The number of amides is 3. The number of esters is 1. The van der Waals surface area contributed by atoms with Crippen LogP contribution in [-0.2, 0) is 14.3 Å². The summed E-state index contributed by atoms with van der Waals surface area (Å²) < 4.78 is 4.78. The molecule has 13 heteroatoms. The first-order valence-electron chi connectivity index (χ1n) is 13.4. The lowest BCUT2D eigenvalue weighted by atomic mass is 10.0. The van der Waals surface area contributed by atoms with Crippen LogP contribution in [0.3, 0.4) is 0 Å². The summed E-state index contributed by atoms with van der Waals surface area (Å²) in [6.07, 6.45) is 0.952. The molecule has 3 aromatic carbocycles. The van der Waals surface area contributed by atoms with Gasteiger partial charge in [0.25, 0.3) is 11.8 Å². The number of guanidine groups is 1.